The number of anilines is 1. The predicted molar refractivity (Wildman–Crippen MR) is 61.1 cm³/mol. The molecule has 0 saturated heterocycles. The van der Waals surface area contributed by atoms with E-state index in [1.54, 1.807) is 19.5 Å². The van der Waals surface area contributed by atoms with Crippen LogP contribution in [0.3, 0.4) is 0 Å². The highest BCUT2D eigenvalue weighted by Crippen LogP contribution is 2.08. The highest BCUT2D eigenvalue weighted by atomic mass is 16.5. The lowest BCUT2D eigenvalue weighted by Crippen LogP contribution is -2.31. The van der Waals surface area contributed by atoms with Crippen LogP contribution in [0.2, 0.25) is 0 Å². The van der Waals surface area contributed by atoms with Crippen molar-refractivity contribution in [2.24, 2.45) is 5.73 Å². The van der Waals surface area contributed by atoms with E-state index in [0.717, 1.165) is 11.5 Å². The number of hydrogen-bond acceptors (Lipinski definition) is 6. The van der Waals surface area contributed by atoms with E-state index in [4.69, 9.17) is 15.6 Å². The summed E-state index contributed by atoms with van der Waals surface area (Å²) in [5, 5.41) is 8.95. The summed E-state index contributed by atoms with van der Waals surface area (Å²) >= 11 is 0. The molecule has 3 N–H and O–H groups in total. The van der Waals surface area contributed by atoms with Crippen LogP contribution in [0.4, 0.5) is 5.82 Å². The Bertz CT molecular complexity index is 291. The minimum Gasteiger partial charge on any atom is -0.395 e. The van der Waals surface area contributed by atoms with Crippen LogP contribution in [0, 0.1) is 0 Å². The first kappa shape index (κ1) is 12.8. The first-order chi connectivity index (χ1) is 7.81. The van der Waals surface area contributed by atoms with Crippen LogP contribution >= 0.6 is 0 Å². The zero-order chi connectivity index (χ0) is 11.8. The van der Waals surface area contributed by atoms with Crippen LogP contribution < -0.4 is 10.6 Å². The van der Waals surface area contributed by atoms with E-state index in [1.165, 1.54) is 0 Å². The van der Waals surface area contributed by atoms with Gasteiger partial charge in [-0.1, -0.05) is 0 Å². The van der Waals surface area contributed by atoms with Crippen LogP contribution in [0.15, 0.2) is 12.4 Å². The molecule has 0 spiro atoms. The molecule has 0 fully saturated rings. The highest BCUT2D eigenvalue weighted by molar-refractivity contribution is 5.35. The van der Waals surface area contributed by atoms with Crippen molar-refractivity contribution in [2.45, 2.75) is 6.54 Å². The Morgan fingerprint density at radius 3 is 2.69 bits per heavy atom. The summed E-state index contributed by atoms with van der Waals surface area (Å²) in [5.41, 5.74) is 6.19. The zero-order valence-electron chi connectivity index (χ0n) is 9.46. The van der Waals surface area contributed by atoms with Crippen LogP contribution in [-0.2, 0) is 11.3 Å². The van der Waals surface area contributed by atoms with Crippen molar-refractivity contribution in [1.29, 1.82) is 0 Å². The number of hydrogen-bond donors (Lipinski definition) is 2. The van der Waals surface area contributed by atoms with Crippen molar-refractivity contribution in [3.63, 3.8) is 0 Å². The molecule has 0 atom stereocenters. The third kappa shape index (κ3) is 3.73. The van der Waals surface area contributed by atoms with Gasteiger partial charge in [-0.25, -0.2) is 4.98 Å². The lowest BCUT2D eigenvalue weighted by molar-refractivity contribution is 0.202. The summed E-state index contributed by atoms with van der Waals surface area (Å²) < 4.78 is 4.99. The van der Waals surface area contributed by atoms with E-state index in [1.807, 2.05) is 4.90 Å². The number of methoxy groups -OCH3 is 1. The van der Waals surface area contributed by atoms with Crippen molar-refractivity contribution in [2.75, 3.05) is 38.3 Å². The van der Waals surface area contributed by atoms with E-state index in [-0.39, 0.29) is 6.61 Å². The highest BCUT2D eigenvalue weighted by Gasteiger charge is 2.07. The third-order valence-electron chi connectivity index (χ3n) is 2.16. The standard InChI is InChI=1S/C10H18N4O2/c1-16-5-3-14(2-4-15)10-8-12-9(6-11)7-13-10/h7-8,15H,2-6,11H2,1H3. The molecular weight excluding hydrogens is 208 g/mol. The normalized spacial score (nSPS) is 10.4. The summed E-state index contributed by atoms with van der Waals surface area (Å²) in [5.74, 6) is 0.725. The second-order valence-electron chi connectivity index (χ2n) is 3.27. The summed E-state index contributed by atoms with van der Waals surface area (Å²) in [6, 6.07) is 0. The zero-order valence-corrected chi connectivity index (χ0v) is 9.46. The smallest absolute Gasteiger partial charge is 0.147 e. The van der Waals surface area contributed by atoms with Gasteiger partial charge in [-0.05, 0) is 0 Å². The Hall–Kier alpha value is -1.24. The molecule has 0 radical (unpaired) electrons. The van der Waals surface area contributed by atoms with Gasteiger partial charge in [0.25, 0.3) is 0 Å². The third-order valence-corrected chi connectivity index (χ3v) is 2.16. The van der Waals surface area contributed by atoms with E-state index in [9.17, 15) is 0 Å². The Morgan fingerprint density at radius 1 is 1.38 bits per heavy atom. The fourth-order valence-corrected chi connectivity index (χ4v) is 1.28. The molecule has 1 aromatic rings. The molecule has 0 aromatic carbocycles. The average Bonchev–Trinajstić information content (AvgIpc) is 2.35. The van der Waals surface area contributed by atoms with Crippen molar-refractivity contribution >= 4 is 5.82 Å². The molecule has 0 saturated carbocycles. The van der Waals surface area contributed by atoms with Gasteiger partial charge in [0, 0.05) is 26.7 Å². The first-order valence-corrected chi connectivity index (χ1v) is 5.17. The van der Waals surface area contributed by atoms with E-state index >= 15 is 0 Å². The van der Waals surface area contributed by atoms with Gasteiger partial charge in [0.05, 0.1) is 31.3 Å². The summed E-state index contributed by atoms with van der Waals surface area (Å²) in [6.45, 7) is 2.23. The molecule has 90 valence electrons. The molecule has 16 heavy (non-hydrogen) atoms. The maximum Gasteiger partial charge on any atom is 0.147 e. The molecule has 0 unspecified atom stereocenters. The lowest BCUT2D eigenvalue weighted by atomic mass is 10.4. The van der Waals surface area contributed by atoms with Gasteiger partial charge in [-0.2, -0.15) is 0 Å². The quantitative estimate of drug-likeness (QED) is 0.644. The first-order valence-electron chi connectivity index (χ1n) is 5.17. The van der Waals surface area contributed by atoms with Gasteiger partial charge in [0.15, 0.2) is 0 Å². The maximum atomic E-state index is 8.95. The largest absolute Gasteiger partial charge is 0.395 e. The molecule has 1 heterocycles. The molecule has 0 amide bonds. The number of nitrogens with zero attached hydrogens (tertiary/aromatic N) is 3. The Balaban J connectivity index is 2.67. The van der Waals surface area contributed by atoms with Crippen LogP contribution in [0.1, 0.15) is 5.69 Å². The molecule has 0 bridgehead atoms. The SMILES string of the molecule is COCCN(CCO)c1cnc(CN)cn1. The number of aliphatic hydroxyl groups is 1. The van der Waals surface area contributed by atoms with Gasteiger partial charge in [-0.15, -0.1) is 0 Å². The van der Waals surface area contributed by atoms with Gasteiger partial charge >= 0.3 is 0 Å². The Morgan fingerprint density at radius 2 is 2.19 bits per heavy atom. The van der Waals surface area contributed by atoms with Crippen LogP contribution in [0.25, 0.3) is 0 Å². The maximum absolute atomic E-state index is 8.95. The minimum absolute atomic E-state index is 0.0734. The fourth-order valence-electron chi connectivity index (χ4n) is 1.28. The lowest BCUT2D eigenvalue weighted by Gasteiger charge is -2.21. The molecule has 1 aromatic heterocycles. The molecule has 0 aliphatic rings. The van der Waals surface area contributed by atoms with Gasteiger partial charge in [0.2, 0.25) is 0 Å². The Labute approximate surface area is 95.1 Å². The van der Waals surface area contributed by atoms with Gasteiger partial charge < -0.3 is 20.5 Å². The van der Waals surface area contributed by atoms with Gasteiger partial charge in [-0.3, -0.25) is 4.98 Å². The second kappa shape index (κ2) is 7.10. The van der Waals surface area contributed by atoms with Crippen molar-refractivity contribution < 1.29 is 9.84 Å². The molecular formula is C10H18N4O2. The Kier molecular flexibility index (Phi) is 5.69. The average molecular weight is 226 g/mol. The summed E-state index contributed by atoms with van der Waals surface area (Å²) in [6.07, 6.45) is 3.31. The van der Waals surface area contributed by atoms with Crippen molar-refractivity contribution in [1.82, 2.24) is 9.97 Å². The molecule has 0 aliphatic heterocycles. The number of ether oxygens (including phenoxy) is 1. The number of nitrogens with two attached hydrogens (primary N) is 1. The monoisotopic (exact) mass is 226 g/mol. The number of aliphatic hydroxyl groups excluding tert-OH is 1. The van der Waals surface area contributed by atoms with Crippen LogP contribution in [-0.4, -0.2) is 48.5 Å². The fraction of sp³-hybridized carbons (Fsp3) is 0.600. The number of rotatable bonds is 7. The van der Waals surface area contributed by atoms with Crippen molar-refractivity contribution in [3.05, 3.63) is 18.1 Å². The second-order valence-corrected chi connectivity index (χ2v) is 3.27. The topological polar surface area (TPSA) is 84.5 Å². The van der Waals surface area contributed by atoms with Crippen LogP contribution in [0.5, 0.6) is 0 Å². The molecule has 1 rings (SSSR count). The number of aromatic nitrogens is 2. The van der Waals surface area contributed by atoms with E-state index in [0.29, 0.717) is 26.2 Å². The molecule has 6 heteroatoms. The van der Waals surface area contributed by atoms with E-state index < -0.39 is 0 Å². The molecule has 0 aliphatic carbocycles. The molecule has 6 nitrogen and oxygen atoms in total. The summed E-state index contributed by atoms with van der Waals surface area (Å²) in [7, 11) is 1.64. The van der Waals surface area contributed by atoms with E-state index in [2.05, 4.69) is 9.97 Å². The minimum atomic E-state index is 0.0734. The van der Waals surface area contributed by atoms with Crippen molar-refractivity contribution in [3.8, 4) is 0 Å². The van der Waals surface area contributed by atoms with Gasteiger partial charge in [0.1, 0.15) is 5.82 Å². The summed E-state index contributed by atoms with van der Waals surface area (Å²) in [4.78, 5) is 10.3. The predicted octanol–water partition coefficient (Wildman–Crippen LogP) is -0.620.